The van der Waals surface area contributed by atoms with Crippen molar-refractivity contribution in [3.63, 3.8) is 0 Å². The van der Waals surface area contributed by atoms with Gasteiger partial charge in [0, 0.05) is 12.1 Å². The van der Waals surface area contributed by atoms with E-state index < -0.39 is 5.97 Å². The SMILES string of the molecule is O=C(O)c1cc2nc(C3=CCCC=C3)cc(Cl)n2n1. The number of hydrogen-bond acceptors (Lipinski definition) is 3. The second kappa shape index (κ2) is 4.51. The monoisotopic (exact) mass is 275 g/mol. The molecule has 5 nitrogen and oxygen atoms in total. The summed E-state index contributed by atoms with van der Waals surface area (Å²) in [5.41, 5.74) is 2.08. The average molecular weight is 276 g/mol. The summed E-state index contributed by atoms with van der Waals surface area (Å²) in [6, 6.07) is 3.10. The minimum atomic E-state index is -1.10. The average Bonchev–Trinajstić information content (AvgIpc) is 2.84. The van der Waals surface area contributed by atoms with Crippen LogP contribution < -0.4 is 0 Å². The Morgan fingerprint density at radius 2 is 2.21 bits per heavy atom. The zero-order valence-corrected chi connectivity index (χ0v) is 10.6. The molecule has 0 unspecified atom stereocenters. The van der Waals surface area contributed by atoms with E-state index >= 15 is 0 Å². The fraction of sp³-hybridized carbons (Fsp3) is 0.154. The molecule has 0 aliphatic heterocycles. The number of halogens is 1. The predicted molar refractivity (Wildman–Crippen MR) is 71.3 cm³/mol. The highest BCUT2D eigenvalue weighted by Crippen LogP contribution is 2.23. The van der Waals surface area contributed by atoms with Crippen LogP contribution in [0.5, 0.6) is 0 Å². The number of carboxylic acid groups (broad SMARTS) is 1. The molecule has 0 amide bonds. The van der Waals surface area contributed by atoms with Crippen LogP contribution in [0.2, 0.25) is 5.15 Å². The molecule has 1 aliphatic carbocycles. The fourth-order valence-corrected chi connectivity index (χ4v) is 2.22. The maximum Gasteiger partial charge on any atom is 0.356 e. The van der Waals surface area contributed by atoms with Crippen molar-refractivity contribution >= 4 is 28.8 Å². The molecule has 2 aromatic heterocycles. The lowest BCUT2D eigenvalue weighted by Crippen LogP contribution is -1.99. The maximum atomic E-state index is 10.9. The molecule has 6 heteroatoms. The van der Waals surface area contributed by atoms with Crippen LogP contribution in [0.4, 0.5) is 0 Å². The van der Waals surface area contributed by atoms with Gasteiger partial charge in [0.15, 0.2) is 11.3 Å². The molecule has 0 atom stereocenters. The third-order valence-electron chi connectivity index (χ3n) is 2.89. The number of aromatic nitrogens is 3. The van der Waals surface area contributed by atoms with Gasteiger partial charge in [-0.25, -0.2) is 14.3 Å². The molecule has 1 N–H and O–H groups in total. The lowest BCUT2D eigenvalue weighted by Gasteiger charge is -2.07. The highest BCUT2D eigenvalue weighted by molar-refractivity contribution is 6.29. The Bertz CT molecular complexity index is 731. The van der Waals surface area contributed by atoms with E-state index in [1.165, 1.54) is 10.6 Å². The van der Waals surface area contributed by atoms with E-state index in [1.54, 1.807) is 6.07 Å². The van der Waals surface area contributed by atoms with Crippen LogP contribution in [0.3, 0.4) is 0 Å². The number of rotatable bonds is 2. The quantitative estimate of drug-likeness (QED) is 0.856. The van der Waals surface area contributed by atoms with Gasteiger partial charge in [-0.1, -0.05) is 29.8 Å². The van der Waals surface area contributed by atoms with Crippen molar-refractivity contribution in [2.45, 2.75) is 12.8 Å². The van der Waals surface area contributed by atoms with Crippen molar-refractivity contribution in [3.05, 3.63) is 46.9 Å². The molecule has 0 saturated carbocycles. The summed E-state index contributed by atoms with van der Waals surface area (Å²) in [7, 11) is 0. The molecule has 3 rings (SSSR count). The summed E-state index contributed by atoms with van der Waals surface area (Å²) in [4.78, 5) is 15.3. The van der Waals surface area contributed by atoms with Gasteiger partial charge in [0.1, 0.15) is 5.15 Å². The van der Waals surface area contributed by atoms with Crippen molar-refractivity contribution < 1.29 is 9.90 Å². The number of carbonyl (C=O) groups is 1. The third-order valence-corrected chi connectivity index (χ3v) is 3.16. The van der Waals surface area contributed by atoms with Crippen molar-refractivity contribution in [1.82, 2.24) is 14.6 Å². The first-order valence-electron chi connectivity index (χ1n) is 5.82. The molecule has 2 heterocycles. The first kappa shape index (κ1) is 11.9. The van der Waals surface area contributed by atoms with Crippen molar-refractivity contribution in [2.24, 2.45) is 0 Å². The molecular formula is C13H10ClN3O2. The van der Waals surface area contributed by atoms with Gasteiger partial charge in [0.05, 0.1) is 5.69 Å². The number of carboxylic acids is 1. The van der Waals surface area contributed by atoms with Gasteiger partial charge in [0.25, 0.3) is 0 Å². The maximum absolute atomic E-state index is 10.9. The number of allylic oxidation sites excluding steroid dienone is 4. The number of hydrogen-bond donors (Lipinski definition) is 1. The molecule has 96 valence electrons. The molecule has 0 saturated heterocycles. The second-order valence-electron chi connectivity index (χ2n) is 4.21. The van der Waals surface area contributed by atoms with Gasteiger partial charge in [-0.2, -0.15) is 5.10 Å². The van der Waals surface area contributed by atoms with E-state index in [4.69, 9.17) is 16.7 Å². The Morgan fingerprint density at radius 1 is 1.37 bits per heavy atom. The molecule has 0 radical (unpaired) electrons. The minimum Gasteiger partial charge on any atom is -0.476 e. The van der Waals surface area contributed by atoms with Crippen LogP contribution in [0.25, 0.3) is 11.2 Å². The van der Waals surface area contributed by atoms with E-state index in [2.05, 4.69) is 22.2 Å². The van der Waals surface area contributed by atoms with Crippen LogP contribution in [0.15, 0.2) is 30.4 Å². The lowest BCUT2D eigenvalue weighted by molar-refractivity contribution is 0.0690. The molecular weight excluding hydrogens is 266 g/mol. The van der Waals surface area contributed by atoms with Crippen molar-refractivity contribution in [2.75, 3.05) is 0 Å². The standard InChI is InChI=1S/C13H10ClN3O2/c14-11-6-9(8-4-2-1-3-5-8)15-12-7-10(13(18)19)16-17(11)12/h2,4-7H,1,3H2,(H,18,19). The van der Waals surface area contributed by atoms with Gasteiger partial charge < -0.3 is 5.11 Å². The molecule has 2 aromatic rings. The van der Waals surface area contributed by atoms with E-state index in [-0.39, 0.29) is 5.69 Å². The molecule has 0 spiro atoms. The Hall–Kier alpha value is -2.14. The molecule has 0 aromatic carbocycles. The van der Waals surface area contributed by atoms with E-state index in [1.807, 2.05) is 6.08 Å². The summed E-state index contributed by atoms with van der Waals surface area (Å²) in [6.07, 6.45) is 8.15. The van der Waals surface area contributed by atoms with Gasteiger partial charge in [-0.3, -0.25) is 0 Å². The summed E-state index contributed by atoms with van der Waals surface area (Å²) in [5.74, 6) is -1.10. The highest BCUT2D eigenvalue weighted by atomic mass is 35.5. The Morgan fingerprint density at radius 3 is 2.89 bits per heavy atom. The van der Waals surface area contributed by atoms with Gasteiger partial charge in [-0.05, 0) is 18.4 Å². The van der Waals surface area contributed by atoms with Crippen LogP contribution in [-0.2, 0) is 0 Å². The summed E-state index contributed by atoms with van der Waals surface area (Å²) >= 11 is 6.12. The third kappa shape index (κ3) is 2.13. The van der Waals surface area contributed by atoms with E-state index in [9.17, 15) is 4.79 Å². The highest BCUT2D eigenvalue weighted by Gasteiger charge is 2.14. The predicted octanol–water partition coefficient (Wildman–Crippen LogP) is 2.81. The Labute approximate surface area is 113 Å². The summed E-state index contributed by atoms with van der Waals surface area (Å²) in [5, 5.41) is 13.1. The van der Waals surface area contributed by atoms with Gasteiger partial charge in [0.2, 0.25) is 0 Å². The minimum absolute atomic E-state index is 0.0697. The zero-order chi connectivity index (χ0) is 13.4. The van der Waals surface area contributed by atoms with Crippen LogP contribution >= 0.6 is 11.6 Å². The van der Waals surface area contributed by atoms with E-state index in [0.717, 1.165) is 24.1 Å². The number of aromatic carboxylic acids is 1. The fourth-order valence-electron chi connectivity index (χ4n) is 1.99. The second-order valence-corrected chi connectivity index (χ2v) is 4.60. The zero-order valence-electron chi connectivity index (χ0n) is 9.88. The molecule has 19 heavy (non-hydrogen) atoms. The largest absolute Gasteiger partial charge is 0.476 e. The van der Waals surface area contributed by atoms with Crippen LogP contribution in [-0.4, -0.2) is 25.7 Å². The lowest BCUT2D eigenvalue weighted by atomic mass is 10.0. The molecule has 0 bridgehead atoms. The van der Waals surface area contributed by atoms with Crippen molar-refractivity contribution in [1.29, 1.82) is 0 Å². The normalized spacial score (nSPS) is 14.7. The number of nitrogens with zero attached hydrogens (tertiary/aromatic N) is 3. The van der Waals surface area contributed by atoms with Gasteiger partial charge >= 0.3 is 5.97 Å². The Balaban J connectivity index is 2.15. The first-order valence-corrected chi connectivity index (χ1v) is 6.19. The molecule has 0 fully saturated rings. The van der Waals surface area contributed by atoms with E-state index in [0.29, 0.717) is 10.8 Å². The topological polar surface area (TPSA) is 67.5 Å². The first-order chi connectivity index (χ1) is 9.15. The summed E-state index contributed by atoms with van der Waals surface area (Å²) in [6.45, 7) is 0. The molecule has 1 aliphatic rings. The smallest absolute Gasteiger partial charge is 0.356 e. The summed E-state index contributed by atoms with van der Waals surface area (Å²) < 4.78 is 1.32. The van der Waals surface area contributed by atoms with Crippen LogP contribution in [0.1, 0.15) is 29.0 Å². The van der Waals surface area contributed by atoms with Crippen molar-refractivity contribution in [3.8, 4) is 0 Å². The van der Waals surface area contributed by atoms with Crippen LogP contribution in [0, 0.1) is 0 Å². The number of fused-ring (bicyclic) bond motifs is 1. The Kier molecular flexibility index (Phi) is 2.83. The van der Waals surface area contributed by atoms with Gasteiger partial charge in [-0.15, -0.1) is 0 Å².